The second-order valence-corrected chi connectivity index (χ2v) is 5.43. The first-order valence-electron chi connectivity index (χ1n) is 6.78. The van der Waals surface area contributed by atoms with E-state index in [1.54, 1.807) is 0 Å². The molecule has 2 aliphatic rings. The van der Waals surface area contributed by atoms with Crippen molar-refractivity contribution in [2.75, 3.05) is 13.1 Å². The zero-order chi connectivity index (χ0) is 10.7. The van der Waals surface area contributed by atoms with E-state index in [-0.39, 0.29) is 0 Å². The van der Waals surface area contributed by atoms with Crippen molar-refractivity contribution in [1.82, 2.24) is 4.90 Å². The van der Waals surface area contributed by atoms with Crippen molar-refractivity contribution in [2.24, 2.45) is 11.7 Å². The van der Waals surface area contributed by atoms with Gasteiger partial charge in [-0.1, -0.05) is 19.3 Å². The summed E-state index contributed by atoms with van der Waals surface area (Å²) in [5, 5.41) is 0. The smallest absolute Gasteiger partial charge is 0.0138 e. The van der Waals surface area contributed by atoms with Gasteiger partial charge in [0.25, 0.3) is 0 Å². The second-order valence-electron chi connectivity index (χ2n) is 5.43. The highest BCUT2D eigenvalue weighted by molar-refractivity contribution is 4.88. The van der Waals surface area contributed by atoms with Gasteiger partial charge in [0.15, 0.2) is 0 Å². The maximum Gasteiger partial charge on any atom is 0.0138 e. The third-order valence-electron chi connectivity index (χ3n) is 4.45. The molecule has 0 aromatic heterocycles. The first-order valence-corrected chi connectivity index (χ1v) is 6.78. The third-order valence-corrected chi connectivity index (χ3v) is 4.45. The van der Waals surface area contributed by atoms with E-state index in [0.717, 1.165) is 24.5 Å². The average molecular weight is 210 g/mol. The van der Waals surface area contributed by atoms with Gasteiger partial charge in [-0.05, 0) is 51.6 Å². The van der Waals surface area contributed by atoms with E-state index < -0.39 is 0 Å². The molecule has 1 aliphatic carbocycles. The first kappa shape index (κ1) is 11.4. The summed E-state index contributed by atoms with van der Waals surface area (Å²) in [6.45, 7) is 4.62. The fourth-order valence-electron chi connectivity index (χ4n) is 3.51. The van der Waals surface area contributed by atoms with Crippen LogP contribution in [0.2, 0.25) is 0 Å². The molecule has 88 valence electrons. The van der Waals surface area contributed by atoms with Crippen LogP contribution >= 0.6 is 0 Å². The minimum atomic E-state index is 0.777. The normalized spacial score (nSPS) is 39.2. The average Bonchev–Trinajstić information content (AvgIpc) is 2.30. The molecular weight excluding hydrogens is 184 g/mol. The molecule has 3 atom stereocenters. The standard InChI is InChI=1S/C13H26N2/c1-11-6-4-5-9-15(11)13-8-3-2-7-12(13)10-14/h11-13H,2-10,14H2,1H3. The van der Waals surface area contributed by atoms with Crippen molar-refractivity contribution >= 4 is 0 Å². The summed E-state index contributed by atoms with van der Waals surface area (Å²) in [6, 6.07) is 1.61. The topological polar surface area (TPSA) is 29.3 Å². The molecule has 0 spiro atoms. The molecule has 0 radical (unpaired) electrons. The third kappa shape index (κ3) is 2.54. The van der Waals surface area contributed by atoms with Crippen LogP contribution in [0.1, 0.15) is 51.9 Å². The van der Waals surface area contributed by atoms with E-state index in [9.17, 15) is 0 Å². The number of piperidine rings is 1. The molecule has 2 rings (SSSR count). The highest BCUT2D eigenvalue weighted by atomic mass is 15.2. The van der Waals surface area contributed by atoms with Crippen molar-refractivity contribution in [3.63, 3.8) is 0 Å². The van der Waals surface area contributed by atoms with Crippen molar-refractivity contribution in [2.45, 2.75) is 64.0 Å². The van der Waals surface area contributed by atoms with Gasteiger partial charge in [0, 0.05) is 12.1 Å². The molecule has 2 heteroatoms. The summed E-state index contributed by atoms with van der Waals surface area (Å²) in [5.74, 6) is 0.777. The van der Waals surface area contributed by atoms with Crippen molar-refractivity contribution in [1.29, 1.82) is 0 Å². The Morgan fingerprint density at radius 2 is 1.80 bits per heavy atom. The Hall–Kier alpha value is -0.0800. The highest BCUT2D eigenvalue weighted by Gasteiger charge is 2.32. The minimum absolute atomic E-state index is 0.777. The summed E-state index contributed by atoms with van der Waals surface area (Å²) in [7, 11) is 0. The van der Waals surface area contributed by atoms with Gasteiger partial charge in [0.05, 0.1) is 0 Å². The van der Waals surface area contributed by atoms with Gasteiger partial charge in [-0.15, -0.1) is 0 Å². The fraction of sp³-hybridized carbons (Fsp3) is 1.00. The van der Waals surface area contributed by atoms with Gasteiger partial charge >= 0.3 is 0 Å². The Bertz CT molecular complexity index is 193. The molecule has 3 unspecified atom stereocenters. The van der Waals surface area contributed by atoms with Crippen LogP contribution in [0, 0.1) is 5.92 Å². The monoisotopic (exact) mass is 210 g/mol. The van der Waals surface area contributed by atoms with Crippen molar-refractivity contribution < 1.29 is 0 Å². The molecular formula is C13H26N2. The maximum atomic E-state index is 5.92. The predicted octanol–water partition coefficient (Wildman–Crippen LogP) is 2.38. The van der Waals surface area contributed by atoms with Crippen LogP contribution < -0.4 is 5.73 Å². The van der Waals surface area contributed by atoms with Gasteiger partial charge in [0.1, 0.15) is 0 Å². The Morgan fingerprint density at radius 3 is 2.53 bits per heavy atom. The second kappa shape index (κ2) is 5.31. The predicted molar refractivity (Wildman–Crippen MR) is 64.8 cm³/mol. The van der Waals surface area contributed by atoms with Gasteiger partial charge in [0.2, 0.25) is 0 Å². The van der Waals surface area contributed by atoms with Gasteiger partial charge in [-0.3, -0.25) is 4.90 Å². The molecule has 1 saturated heterocycles. The molecule has 15 heavy (non-hydrogen) atoms. The van der Waals surface area contributed by atoms with Gasteiger partial charge in [-0.25, -0.2) is 0 Å². The Morgan fingerprint density at radius 1 is 1.07 bits per heavy atom. The van der Waals surface area contributed by atoms with E-state index >= 15 is 0 Å². The summed E-state index contributed by atoms with van der Waals surface area (Å²) >= 11 is 0. The van der Waals surface area contributed by atoms with Crippen LogP contribution in [0.5, 0.6) is 0 Å². The van der Waals surface area contributed by atoms with Crippen LogP contribution in [-0.2, 0) is 0 Å². The number of hydrogen-bond acceptors (Lipinski definition) is 2. The lowest BCUT2D eigenvalue weighted by Gasteiger charge is -2.45. The number of rotatable bonds is 2. The summed E-state index contributed by atoms with van der Waals surface area (Å²) < 4.78 is 0. The molecule has 2 fully saturated rings. The first-order chi connectivity index (χ1) is 7.33. The number of nitrogens with zero attached hydrogens (tertiary/aromatic N) is 1. The lowest BCUT2D eigenvalue weighted by molar-refractivity contribution is 0.0486. The quantitative estimate of drug-likeness (QED) is 0.758. The summed E-state index contributed by atoms with van der Waals surface area (Å²) in [5.41, 5.74) is 5.92. The molecule has 0 aromatic rings. The van der Waals surface area contributed by atoms with E-state index in [4.69, 9.17) is 5.73 Å². The molecule has 1 aliphatic heterocycles. The fourth-order valence-corrected chi connectivity index (χ4v) is 3.51. The van der Waals surface area contributed by atoms with E-state index in [2.05, 4.69) is 11.8 Å². The molecule has 2 nitrogen and oxygen atoms in total. The molecule has 2 N–H and O–H groups in total. The number of likely N-dealkylation sites (tertiary alicyclic amines) is 1. The maximum absolute atomic E-state index is 5.92. The zero-order valence-electron chi connectivity index (χ0n) is 10.1. The SMILES string of the molecule is CC1CCCCN1C1CCCCC1CN. The number of nitrogens with two attached hydrogens (primary N) is 1. The largest absolute Gasteiger partial charge is 0.330 e. The molecule has 1 saturated carbocycles. The van der Waals surface area contributed by atoms with Gasteiger partial charge < -0.3 is 5.73 Å². The van der Waals surface area contributed by atoms with E-state index in [1.165, 1.54) is 51.5 Å². The Labute approximate surface area is 94.2 Å². The summed E-state index contributed by atoms with van der Waals surface area (Å²) in [4.78, 5) is 2.76. The van der Waals surface area contributed by atoms with Crippen molar-refractivity contribution in [3.8, 4) is 0 Å². The lowest BCUT2D eigenvalue weighted by atomic mass is 9.82. The van der Waals surface area contributed by atoms with E-state index in [1.807, 2.05) is 0 Å². The van der Waals surface area contributed by atoms with Crippen LogP contribution in [0.3, 0.4) is 0 Å². The van der Waals surface area contributed by atoms with Crippen LogP contribution in [0.15, 0.2) is 0 Å². The zero-order valence-corrected chi connectivity index (χ0v) is 10.1. The molecule has 0 bridgehead atoms. The van der Waals surface area contributed by atoms with Gasteiger partial charge in [-0.2, -0.15) is 0 Å². The Balaban J connectivity index is 1.99. The minimum Gasteiger partial charge on any atom is -0.330 e. The van der Waals surface area contributed by atoms with Crippen LogP contribution in [0.25, 0.3) is 0 Å². The van der Waals surface area contributed by atoms with E-state index in [0.29, 0.717) is 0 Å². The van der Waals surface area contributed by atoms with Crippen LogP contribution in [-0.4, -0.2) is 30.1 Å². The molecule has 0 aromatic carbocycles. The van der Waals surface area contributed by atoms with Crippen molar-refractivity contribution in [3.05, 3.63) is 0 Å². The highest BCUT2D eigenvalue weighted by Crippen LogP contribution is 2.31. The van der Waals surface area contributed by atoms with Crippen LogP contribution in [0.4, 0.5) is 0 Å². The molecule has 0 amide bonds. The number of hydrogen-bond donors (Lipinski definition) is 1. The Kier molecular flexibility index (Phi) is 4.04. The summed E-state index contributed by atoms with van der Waals surface area (Å²) in [6.07, 6.45) is 9.81. The molecule has 1 heterocycles. The lowest BCUT2D eigenvalue weighted by Crippen LogP contribution is -2.50.